The minimum atomic E-state index is 0.712. The maximum atomic E-state index is 3.72. The zero-order valence-electron chi connectivity index (χ0n) is 5.28. The lowest BCUT2D eigenvalue weighted by molar-refractivity contribution is 1.11. The molecule has 0 amide bonds. The normalized spacial score (nSPS) is 10.0. The van der Waals surface area contributed by atoms with Crippen LogP contribution in [-0.2, 0) is 0 Å². The fourth-order valence-electron chi connectivity index (χ4n) is 0.257. The Morgan fingerprint density at radius 2 is 2.25 bits per heavy atom. The predicted molar refractivity (Wildman–Crippen MR) is 45.7 cm³/mol. The summed E-state index contributed by atoms with van der Waals surface area (Å²) < 4.78 is 1.08. The molecule has 0 aliphatic rings. The van der Waals surface area contributed by atoms with Crippen molar-refractivity contribution in [2.75, 3.05) is 5.75 Å². The van der Waals surface area contributed by atoms with Gasteiger partial charge in [0.2, 0.25) is 0 Å². The molecule has 0 saturated carbocycles. The summed E-state index contributed by atoms with van der Waals surface area (Å²) in [5, 5.41) is 0.712. The largest absolute Gasteiger partial charge is 0.154 e. The van der Waals surface area contributed by atoms with Gasteiger partial charge in [0, 0.05) is 5.75 Å². The van der Waals surface area contributed by atoms with Gasteiger partial charge in [-0.1, -0.05) is 36.4 Å². The third kappa shape index (κ3) is 6.57. The van der Waals surface area contributed by atoms with Gasteiger partial charge in [-0.3, -0.25) is 0 Å². The van der Waals surface area contributed by atoms with Crippen LogP contribution in [0, 0.1) is 0 Å². The van der Waals surface area contributed by atoms with E-state index in [9.17, 15) is 0 Å². The van der Waals surface area contributed by atoms with Gasteiger partial charge >= 0.3 is 0 Å². The first-order valence-corrected chi connectivity index (χ1v) is 4.42. The summed E-state index contributed by atoms with van der Waals surface area (Å²) in [6.45, 7) is 8.09. The van der Waals surface area contributed by atoms with Crippen LogP contribution >= 0.6 is 27.7 Å². The van der Waals surface area contributed by atoms with Crippen LogP contribution in [0.2, 0.25) is 0 Å². The standard InChI is InChI=1S/C6H11BrS/c1-5(2)8-4-6(3)7/h5H,3-4H2,1-2H3. The van der Waals surface area contributed by atoms with Crippen molar-refractivity contribution in [3.05, 3.63) is 11.1 Å². The fraction of sp³-hybridized carbons (Fsp3) is 0.667. The van der Waals surface area contributed by atoms with Crippen molar-refractivity contribution < 1.29 is 0 Å². The molecular weight excluding hydrogens is 184 g/mol. The van der Waals surface area contributed by atoms with Crippen LogP contribution in [0.5, 0.6) is 0 Å². The van der Waals surface area contributed by atoms with E-state index in [1.165, 1.54) is 0 Å². The number of thioether (sulfide) groups is 1. The summed E-state index contributed by atoms with van der Waals surface area (Å²) >= 11 is 5.18. The average molecular weight is 195 g/mol. The number of rotatable bonds is 3. The first-order valence-electron chi connectivity index (χ1n) is 2.58. The summed E-state index contributed by atoms with van der Waals surface area (Å²) in [5.74, 6) is 1.03. The molecule has 0 nitrogen and oxygen atoms in total. The zero-order chi connectivity index (χ0) is 6.57. The van der Waals surface area contributed by atoms with E-state index < -0.39 is 0 Å². The molecule has 0 atom stereocenters. The van der Waals surface area contributed by atoms with Crippen LogP contribution in [-0.4, -0.2) is 11.0 Å². The molecule has 0 saturated heterocycles. The van der Waals surface area contributed by atoms with E-state index in [0.717, 1.165) is 10.2 Å². The fourth-order valence-corrected chi connectivity index (χ4v) is 1.17. The van der Waals surface area contributed by atoms with Crippen molar-refractivity contribution >= 4 is 27.7 Å². The molecule has 0 aromatic rings. The number of hydrogen-bond acceptors (Lipinski definition) is 1. The molecular formula is C6H11BrS. The Balaban J connectivity index is 3.05. The first kappa shape index (κ1) is 8.57. The topological polar surface area (TPSA) is 0 Å². The van der Waals surface area contributed by atoms with E-state index in [1.807, 2.05) is 11.8 Å². The summed E-state index contributed by atoms with van der Waals surface area (Å²) in [4.78, 5) is 0. The van der Waals surface area contributed by atoms with Crippen LogP contribution in [0.15, 0.2) is 11.1 Å². The lowest BCUT2D eigenvalue weighted by Gasteiger charge is -2.00. The average Bonchev–Trinajstić information content (AvgIpc) is 1.61. The molecule has 8 heavy (non-hydrogen) atoms. The highest BCUT2D eigenvalue weighted by Gasteiger charge is 1.92. The summed E-state index contributed by atoms with van der Waals surface area (Å²) in [5.41, 5.74) is 0. The van der Waals surface area contributed by atoms with E-state index in [-0.39, 0.29) is 0 Å². The van der Waals surface area contributed by atoms with Crippen molar-refractivity contribution in [3.63, 3.8) is 0 Å². The van der Waals surface area contributed by atoms with Gasteiger partial charge in [0.05, 0.1) is 0 Å². The SMILES string of the molecule is C=C(Br)CSC(C)C. The Labute approximate surface area is 63.9 Å². The Hall–Kier alpha value is 0.570. The molecule has 0 heterocycles. The lowest BCUT2D eigenvalue weighted by atomic mass is 10.6. The zero-order valence-corrected chi connectivity index (χ0v) is 7.68. The van der Waals surface area contributed by atoms with Crippen molar-refractivity contribution in [2.24, 2.45) is 0 Å². The van der Waals surface area contributed by atoms with Gasteiger partial charge in [-0.05, 0) is 9.73 Å². The Morgan fingerprint density at radius 3 is 2.38 bits per heavy atom. The number of halogens is 1. The Morgan fingerprint density at radius 1 is 1.75 bits per heavy atom. The summed E-state index contributed by atoms with van der Waals surface area (Å²) in [6.07, 6.45) is 0. The van der Waals surface area contributed by atoms with E-state index in [0.29, 0.717) is 5.25 Å². The van der Waals surface area contributed by atoms with Gasteiger partial charge in [0.1, 0.15) is 0 Å². The first-order chi connectivity index (χ1) is 3.63. The predicted octanol–water partition coefficient (Wildman–Crippen LogP) is 3.04. The van der Waals surface area contributed by atoms with Gasteiger partial charge in [0.25, 0.3) is 0 Å². The molecule has 0 rings (SSSR count). The third-order valence-electron chi connectivity index (χ3n) is 0.573. The van der Waals surface area contributed by atoms with Crippen LogP contribution < -0.4 is 0 Å². The molecule has 0 bridgehead atoms. The van der Waals surface area contributed by atoms with Gasteiger partial charge in [-0.25, -0.2) is 0 Å². The Kier molecular flexibility index (Phi) is 4.77. The second kappa shape index (κ2) is 4.45. The Bertz CT molecular complexity index is 78.6. The van der Waals surface area contributed by atoms with Crippen molar-refractivity contribution in [2.45, 2.75) is 19.1 Å². The second-order valence-electron chi connectivity index (χ2n) is 1.88. The van der Waals surface area contributed by atoms with Crippen molar-refractivity contribution in [1.82, 2.24) is 0 Å². The van der Waals surface area contributed by atoms with Crippen LogP contribution in [0.4, 0.5) is 0 Å². The van der Waals surface area contributed by atoms with Crippen molar-refractivity contribution in [1.29, 1.82) is 0 Å². The van der Waals surface area contributed by atoms with E-state index in [1.54, 1.807) is 0 Å². The highest BCUT2D eigenvalue weighted by Crippen LogP contribution is 2.15. The van der Waals surface area contributed by atoms with E-state index in [2.05, 4.69) is 36.4 Å². The maximum absolute atomic E-state index is 3.72. The van der Waals surface area contributed by atoms with Gasteiger partial charge < -0.3 is 0 Å². The molecule has 48 valence electrons. The minimum absolute atomic E-state index is 0.712. The molecule has 0 radical (unpaired) electrons. The monoisotopic (exact) mass is 194 g/mol. The number of hydrogen-bond donors (Lipinski definition) is 0. The molecule has 0 N–H and O–H groups in total. The van der Waals surface area contributed by atoms with Crippen LogP contribution in [0.25, 0.3) is 0 Å². The highest BCUT2D eigenvalue weighted by molar-refractivity contribution is 9.11. The minimum Gasteiger partial charge on any atom is -0.154 e. The molecule has 0 aliphatic carbocycles. The second-order valence-corrected chi connectivity index (χ2v) is 4.56. The van der Waals surface area contributed by atoms with E-state index >= 15 is 0 Å². The summed E-state index contributed by atoms with van der Waals surface area (Å²) in [6, 6.07) is 0. The quantitative estimate of drug-likeness (QED) is 0.666. The smallest absolute Gasteiger partial charge is 0.0247 e. The molecule has 0 aromatic carbocycles. The summed E-state index contributed by atoms with van der Waals surface area (Å²) in [7, 11) is 0. The van der Waals surface area contributed by atoms with Crippen molar-refractivity contribution in [3.8, 4) is 0 Å². The maximum Gasteiger partial charge on any atom is 0.0247 e. The lowest BCUT2D eigenvalue weighted by Crippen LogP contribution is -1.87. The molecule has 0 fully saturated rings. The highest BCUT2D eigenvalue weighted by atomic mass is 79.9. The van der Waals surface area contributed by atoms with Gasteiger partial charge in [-0.15, -0.1) is 0 Å². The van der Waals surface area contributed by atoms with Gasteiger partial charge in [-0.2, -0.15) is 11.8 Å². The molecule has 0 spiro atoms. The molecule has 0 aromatic heterocycles. The van der Waals surface area contributed by atoms with Gasteiger partial charge in [0.15, 0.2) is 0 Å². The molecule has 0 aliphatic heterocycles. The van der Waals surface area contributed by atoms with Crippen LogP contribution in [0.3, 0.4) is 0 Å². The van der Waals surface area contributed by atoms with Crippen LogP contribution in [0.1, 0.15) is 13.8 Å². The third-order valence-corrected chi connectivity index (χ3v) is 2.41. The molecule has 2 heteroatoms. The van der Waals surface area contributed by atoms with E-state index in [4.69, 9.17) is 0 Å². The molecule has 0 unspecified atom stereocenters.